The first-order chi connectivity index (χ1) is 15.6. The van der Waals surface area contributed by atoms with Crippen molar-refractivity contribution in [3.8, 4) is 0 Å². The van der Waals surface area contributed by atoms with Gasteiger partial charge in [-0.05, 0) is 32.1 Å². The van der Waals surface area contributed by atoms with E-state index < -0.39 is 65.8 Å². The van der Waals surface area contributed by atoms with Crippen molar-refractivity contribution in [3.63, 3.8) is 0 Å². The van der Waals surface area contributed by atoms with Gasteiger partial charge in [0.25, 0.3) is 0 Å². The van der Waals surface area contributed by atoms with Gasteiger partial charge in [0.2, 0.25) is 23.6 Å². The molecule has 4 amide bonds. The highest BCUT2D eigenvalue weighted by atomic mass is 16.4. The van der Waals surface area contributed by atoms with Crippen LogP contribution in [0.5, 0.6) is 0 Å². The van der Waals surface area contributed by atoms with Crippen LogP contribution in [0.1, 0.15) is 54.4 Å². The van der Waals surface area contributed by atoms with Crippen molar-refractivity contribution in [2.75, 3.05) is 0 Å². The summed E-state index contributed by atoms with van der Waals surface area (Å²) in [6.45, 7) is 9.27. The fourth-order valence-corrected chi connectivity index (χ4v) is 2.72. The summed E-state index contributed by atoms with van der Waals surface area (Å²) in [6, 6.07) is -5.43. The maximum atomic E-state index is 12.4. The second-order valence-electron chi connectivity index (χ2n) is 8.80. The fourth-order valence-electron chi connectivity index (χ4n) is 2.72. The summed E-state index contributed by atoms with van der Waals surface area (Å²) in [5, 5.41) is 27.4. The molecular formula is C21H37N5O8. The molecule has 0 aliphatic rings. The number of aliphatic carboxylic acids is 2. The molecule has 0 saturated heterocycles. The predicted molar refractivity (Wildman–Crippen MR) is 121 cm³/mol. The number of carboxylic acids is 2. The van der Waals surface area contributed by atoms with E-state index in [1.807, 2.05) is 0 Å². The Morgan fingerprint density at radius 1 is 0.647 bits per heavy atom. The van der Waals surface area contributed by atoms with Gasteiger partial charge in [0.05, 0.1) is 6.04 Å². The third-order valence-electron chi connectivity index (χ3n) is 4.99. The molecule has 13 heteroatoms. The molecule has 0 unspecified atom stereocenters. The van der Waals surface area contributed by atoms with Gasteiger partial charge in [-0.1, -0.05) is 27.7 Å². The van der Waals surface area contributed by atoms with Crippen molar-refractivity contribution < 1.29 is 39.0 Å². The minimum atomic E-state index is -1.23. The van der Waals surface area contributed by atoms with Crippen LogP contribution in [-0.4, -0.2) is 76.0 Å². The van der Waals surface area contributed by atoms with Crippen LogP contribution in [-0.2, 0) is 28.8 Å². The van der Waals surface area contributed by atoms with Crippen molar-refractivity contribution in [2.24, 2.45) is 17.6 Å². The SMILES string of the molecule is CC(C)[C@H](NC(=O)CC[C@H](N)C(=O)N[C@H](C(=O)N[C@@H](C)C(=O)O)C(C)C)C(=O)N[C@@H](C)C(=O)O. The average molecular weight is 488 g/mol. The molecule has 0 aromatic heterocycles. The van der Waals surface area contributed by atoms with Crippen LogP contribution in [0.3, 0.4) is 0 Å². The summed E-state index contributed by atoms with van der Waals surface area (Å²) in [4.78, 5) is 71.2. The van der Waals surface area contributed by atoms with E-state index in [0.29, 0.717) is 0 Å². The van der Waals surface area contributed by atoms with Gasteiger partial charge in [-0.25, -0.2) is 0 Å². The molecule has 0 bridgehead atoms. The minimum absolute atomic E-state index is 0.0897. The van der Waals surface area contributed by atoms with Gasteiger partial charge < -0.3 is 37.2 Å². The number of amides is 4. The highest BCUT2D eigenvalue weighted by molar-refractivity contribution is 5.92. The normalized spacial score (nSPS) is 15.4. The van der Waals surface area contributed by atoms with Crippen molar-refractivity contribution in [1.29, 1.82) is 0 Å². The lowest BCUT2D eigenvalue weighted by Crippen LogP contribution is -2.56. The van der Waals surface area contributed by atoms with Crippen LogP contribution in [0.4, 0.5) is 0 Å². The summed E-state index contributed by atoms with van der Waals surface area (Å²) < 4.78 is 0. The second kappa shape index (κ2) is 14.1. The molecular weight excluding hydrogens is 450 g/mol. The molecule has 13 nitrogen and oxygen atoms in total. The molecule has 0 aliphatic heterocycles. The number of nitrogens with one attached hydrogen (secondary N) is 4. The molecule has 0 aromatic rings. The Hall–Kier alpha value is -3.22. The Morgan fingerprint density at radius 3 is 1.38 bits per heavy atom. The van der Waals surface area contributed by atoms with Crippen LogP contribution in [0.2, 0.25) is 0 Å². The van der Waals surface area contributed by atoms with E-state index in [1.165, 1.54) is 13.8 Å². The van der Waals surface area contributed by atoms with Crippen LogP contribution < -0.4 is 27.0 Å². The monoisotopic (exact) mass is 487 g/mol. The Labute approximate surface area is 198 Å². The van der Waals surface area contributed by atoms with E-state index in [0.717, 1.165) is 0 Å². The summed E-state index contributed by atoms with van der Waals surface area (Å²) in [7, 11) is 0. The number of carbonyl (C=O) groups is 6. The summed E-state index contributed by atoms with van der Waals surface area (Å²) in [5.74, 6) is -5.72. The topological polar surface area (TPSA) is 217 Å². The van der Waals surface area contributed by atoms with Crippen molar-refractivity contribution >= 4 is 35.6 Å². The van der Waals surface area contributed by atoms with Crippen LogP contribution >= 0.6 is 0 Å². The highest BCUT2D eigenvalue weighted by Crippen LogP contribution is 2.06. The summed E-state index contributed by atoms with van der Waals surface area (Å²) in [5.41, 5.74) is 5.85. The number of nitrogens with two attached hydrogens (primary N) is 1. The first-order valence-corrected chi connectivity index (χ1v) is 11.0. The maximum Gasteiger partial charge on any atom is 0.325 e. The van der Waals surface area contributed by atoms with Crippen molar-refractivity contribution in [1.82, 2.24) is 21.3 Å². The molecule has 34 heavy (non-hydrogen) atoms. The molecule has 0 saturated carbocycles. The van der Waals surface area contributed by atoms with Gasteiger partial charge in [0, 0.05) is 6.42 Å². The Bertz CT molecular complexity index is 770. The number of hydrogen-bond acceptors (Lipinski definition) is 7. The summed E-state index contributed by atoms with van der Waals surface area (Å²) >= 11 is 0. The quantitative estimate of drug-likeness (QED) is 0.152. The molecule has 0 spiro atoms. The summed E-state index contributed by atoms with van der Waals surface area (Å²) in [6.07, 6.45) is -0.290. The van der Waals surface area contributed by atoms with Gasteiger partial charge in [-0.3, -0.25) is 28.8 Å². The van der Waals surface area contributed by atoms with E-state index in [-0.39, 0.29) is 24.7 Å². The van der Waals surface area contributed by atoms with Gasteiger partial charge in [-0.2, -0.15) is 0 Å². The smallest absolute Gasteiger partial charge is 0.325 e. The van der Waals surface area contributed by atoms with E-state index in [1.54, 1.807) is 27.7 Å². The Kier molecular flexibility index (Phi) is 12.8. The molecule has 0 rings (SSSR count). The van der Waals surface area contributed by atoms with Crippen LogP contribution in [0.25, 0.3) is 0 Å². The predicted octanol–water partition coefficient (Wildman–Crippen LogP) is -1.45. The first kappa shape index (κ1) is 30.8. The number of carboxylic acid groups (broad SMARTS) is 2. The second-order valence-corrected chi connectivity index (χ2v) is 8.80. The number of rotatable bonds is 14. The fraction of sp³-hybridized carbons (Fsp3) is 0.714. The van der Waals surface area contributed by atoms with E-state index >= 15 is 0 Å². The molecule has 5 atom stereocenters. The maximum absolute atomic E-state index is 12.4. The zero-order chi connectivity index (χ0) is 26.7. The van der Waals surface area contributed by atoms with Gasteiger partial charge >= 0.3 is 11.9 Å². The highest BCUT2D eigenvalue weighted by Gasteiger charge is 2.30. The zero-order valence-corrected chi connectivity index (χ0v) is 20.4. The standard InChI is InChI=1S/C21H37N5O8/c1-9(2)15(18(29)23-11(5)20(31)32)25-14(27)8-7-13(22)17(28)26-16(10(3)4)19(30)24-12(6)21(33)34/h9-13,15-16H,7-8,22H2,1-6H3,(H,23,29)(H,24,30)(H,25,27)(H,26,28)(H,31,32)(H,33,34)/t11-,12-,13-,15-,16-/m0/s1. The lowest BCUT2D eigenvalue weighted by atomic mass is 10.0. The molecule has 8 N–H and O–H groups in total. The van der Waals surface area contributed by atoms with Crippen molar-refractivity contribution in [3.05, 3.63) is 0 Å². The van der Waals surface area contributed by atoms with Crippen molar-refractivity contribution in [2.45, 2.75) is 84.6 Å². The van der Waals surface area contributed by atoms with E-state index in [2.05, 4.69) is 21.3 Å². The third-order valence-corrected chi connectivity index (χ3v) is 4.99. The number of hydrogen-bond donors (Lipinski definition) is 7. The van der Waals surface area contributed by atoms with Crippen LogP contribution in [0.15, 0.2) is 0 Å². The van der Waals surface area contributed by atoms with Gasteiger partial charge in [-0.15, -0.1) is 0 Å². The molecule has 194 valence electrons. The molecule has 0 fully saturated rings. The lowest BCUT2D eigenvalue weighted by molar-refractivity contribution is -0.142. The van der Waals surface area contributed by atoms with E-state index in [9.17, 15) is 28.8 Å². The Morgan fingerprint density at radius 2 is 1.03 bits per heavy atom. The van der Waals surface area contributed by atoms with E-state index in [4.69, 9.17) is 15.9 Å². The largest absolute Gasteiger partial charge is 0.480 e. The molecule has 0 radical (unpaired) electrons. The first-order valence-electron chi connectivity index (χ1n) is 11.0. The third kappa shape index (κ3) is 10.6. The average Bonchev–Trinajstić information content (AvgIpc) is 2.72. The minimum Gasteiger partial charge on any atom is -0.480 e. The lowest BCUT2D eigenvalue weighted by Gasteiger charge is -2.25. The van der Waals surface area contributed by atoms with Crippen LogP contribution in [0, 0.1) is 11.8 Å². The van der Waals surface area contributed by atoms with Gasteiger partial charge in [0.1, 0.15) is 24.2 Å². The van der Waals surface area contributed by atoms with Gasteiger partial charge in [0.15, 0.2) is 0 Å². The number of carbonyl (C=O) groups excluding carboxylic acids is 4. The molecule has 0 heterocycles. The molecule has 0 aliphatic carbocycles. The zero-order valence-electron chi connectivity index (χ0n) is 20.4. The molecule has 0 aromatic carbocycles. The Balaban J connectivity index is 4.92.